The first kappa shape index (κ1) is 11.5. The third-order valence-corrected chi connectivity index (χ3v) is 2.10. The van der Waals surface area contributed by atoms with E-state index >= 15 is 0 Å². The average molecular weight is 209 g/mol. The van der Waals surface area contributed by atoms with Crippen molar-refractivity contribution in [3.63, 3.8) is 0 Å². The second-order valence-electron chi connectivity index (χ2n) is 3.79. The van der Waals surface area contributed by atoms with Gasteiger partial charge in [-0.25, -0.2) is 0 Å². The number of aromatic hydroxyl groups is 2. The number of carbonyl (C=O) groups is 1. The molecule has 0 fully saturated rings. The van der Waals surface area contributed by atoms with E-state index in [0.717, 1.165) is 0 Å². The van der Waals surface area contributed by atoms with Crippen molar-refractivity contribution in [1.82, 2.24) is 4.90 Å². The van der Waals surface area contributed by atoms with E-state index in [0.29, 0.717) is 5.56 Å². The van der Waals surface area contributed by atoms with Crippen LogP contribution in [0.4, 0.5) is 0 Å². The molecule has 0 saturated carbocycles. The van der Waals surface area contributed by atoms with Crippen molar-refractivity contribution in [2.45, 2.75) is 6.92 Å². The second kappa shape index (κ2) is 4.31. The number of hydrogen-bond acceptors (Lipinski definition) is 4. The van der Waals surface area contributed by atoms with Crippen LogP contribution in [0, 0.1) is 6.92 Å². The van der Waals surface area contributed by atoms with Gasteiger partial charge in [0.1, 0.15) is 17.1 Å². The van der Waals surface area contributed by atoms with E-state index in [1.165, 1.54) is 6.07 Å². The minimum Gasteiger partial charge on any atom is -0.507 e. The normalized spacial score (nSPS) is 10.7. The number of rotatable bonds is 3. The molecule has 0 aliphatic rings. The summed E-state index contributed by atoms with van der Waals surface area (Å²) in [4.78, 5) is 13.4. The predicted molar refractivity (Wildman–Crippen MR) is 57.4 cm³/mol. The lowest BCUT2D eigenvalue weighted by Crippen LogP contribution is -2.21. The van der Waals surface area contributed by atoms with Crippen LogP contribution in [0.3, 0.4) is 0 Å². The molecule has 1 aromatic rings. The Kier molecular flexibility index (Phi) is 3.31. The summed E-state index contributed by atoms with van der Waals surface area (Å²) in [5.41, 5.74) is 0.582. The summed E-state index contributed by atoms with van der Waals surface area (Å²) in [7, 11) is 3.50. The van der Waals surface area contributed by atoms with E-state index in [2.05, 4.69) is 0 Å². The van der Waals surface area contributed by atoms with Gasteiger partial charge >= 0.3 is 0 Å². The number of phenolic OH excluding ortho intramolecular Hbond substituents is 2. The summed E-state index contributed by atoms with van der Waals surface area (Å²) >= 11 is 0. The van der Waals surface area contributed by atoms with E-state index < -0.39 is 0 Å². The molecule has 0 aliphatic carbocycles. The summed E-state index contributed by atoms with van der Waals surface area (Å²) in [6.07, 6.45) is 0. The first-order valence-corrected chi connectivity index (χ1v) is 4.63. The Morgan fingerprint density at radius 3 is 2.47 bits per heavy atom. The number of likely N-dealkylation sites (N-methyl/N-ethyl adjacent to an activating group) is 1. The quantitative estimate of drug-likeness (QED) is 0.733. The molecular formula is C11H15NO3. The Balaban J connectivity index is 3.13. The predicted octanol–water partition coefficient (Wildman–Crippen LogP) is 1.15. The average Bonchev–Trinajstić information content (AvgIpc) is 2.11. The number of aryl methyl sites for hydroxylation is 1. The minimum absolute atomic E-state index is 0.00343. The van der Waals surface area contributed by atoms with Crippen LogP contribution in [0.5, 0.6) is 11.5 Å². The van der Waals surface area contributed by atoms with E-state index in [1.807, 2.05) is 0 Å². The number of Topliss-reactive ketones (excluding diaryl/α,β-unsaturated/α-hetero) is 1. The van der Waals surface area contributed by atoms with Crippen molar-refractivity contribution in [3.05, 3.63) is 23.3 Å². The van der Waals surface area contributed by atoms with Crippen LogP contribution in [0.2, 0.25) is 0 Å². The molecule has 0 unspecified atom stereocenters. The molecule has 82 valence electrons. The molecule has 2 N–H and O–H groups in total. The van der Waals surface area contributed by atoms with Gasteiger partial charge in [-0.2, -0.15) is 0 Å². The largest absolute Gasteiger partial charge is 0.507 e. The van der Waals surface area contributed by atoms with Gasteiger partial charge in [0.05, 0.1) is 6.54 Å². The van der Waals surface area contributed by atoms with Crippen LogP contribution in [0.25, 0.3) is 0 Å². The van der Waals surface area contributed by atoms with Crippen LogP contribution in [0.15, 0.2) is 12.1 Å². The molecule has 15 heavy (non-hydrogen) atoms. The molecule has 0 saturated heterocycles. The van der Waals surface area contributed by atoms with E-state index in [-0.39, 0.29) is 29.4 Å². The Bertz CT molecular complexity index is 386. The van der Waals surface area contributed by atoms with Crippen LogP contribution >= 0.6 is 0 Å². The van der Waals surface area contributed by atoms with Crippen LogP contribution in [-0.2, 0) is 0 Å². The molecule has 4 nitrogen and oxygen atoms in total. The van der Waals surface area contributed by atoms with Crippen molar-refractivity contribution in [2.75, 3.05) is 20.6 Å². The smallest absolute Gasteiger partial charge is 0.184 e. The molecule has 0 aliphatic heterocycles. The maximum atomic E-state index is 11.7. The molecule has 0 heterocycles. The van der Waals surface area contributed by atoms with Gasteiger partial charge in [-0.05, 0) is 32.6 Å². The third kappa shape index (κ3) is 2.47. The Hall–Kier alpha value is -1.55. The number of carbonyl (C=O) groups excluding carboxylic acids is 1. The monoisotopic (exact) mass is 209 g/mol. The van der Waals surface area contributed by atoms with Crippen molar-refractivity contribution in [1.29, 1.82) is 0 Å². The van der Waals surface area contributed by atoms with Gasteiger partial charge in [0.15, 0.2) is 5.78 Å². The maximum Gasteiger partial charge on any atom is 0.184 e. The topological polar surface area (TPSA) is 60.8 Å². The van der Waals surface area contributed by atoms with E-state index in [4.69, 9.17) is 0 Å². The number of benzene rings is 1. The third-order valence-electron chi connectivity index (χ3n) is 2.10. The van der Waals surface area contributed by atoms with Crippen LogP contribution in [-0.4, -0.2) is 41.5 Å². The number of ketones is 1. The van der Waals surface area contributed by atoms with E-state index in [1.54, 1.807) is 32.0 Å². The zero-order chi connectivity index (χ0) is 11.6. The Morgan fingerprint density at radius 1 is 1.33 bits per heavy atom. The summed E-state index contributed by atoms with van der Waals surface area (Å²) in [5, 5.41) is 19.2. The molecule has 0 bridgehead atoms. The van der Waals surface area contributed by atoms with Crippen molar-refractivity contribution < 1.29 is 15.0 Å². The fraction of sp³-hybridized carbons (Fsp3) is 0.364. The maximum absolute atomic E-state index is 11.7. The van der Waals surface area contributed by atoms with Crippen molar-refractivity contribution >= 4 is 5.78 Å². The number of nitrogens with zero attached hydrogens (tertiary/aromatic N) is 1. The van der Waals surface area contributed by atoms with Gasteiger partial charge in [0.2, 0.25) is 0 Å². The minimum atomic E-state index is -0.293. The molecule has 4 heteroatoms. The summed E-state index contributed by atoms with van der Waals surface area (Å²) < 4.78 is 0. The van der Waals surface area contributed by atoms with Crippen LogP contribution < -0.4 is 0 Å². The molecule has 0 amide bonds. The Labute approximate surface area is 88.8 Å². The molecule has 0 atom stereocenters. The van der Waals surface area contributed by atoms with Crippen LogP contribution in [0.1, 0.15) is 15.9 Å². The zero-order valence-electron chi connectivity index (χ0n) is 9.11. The number of phenols is 2. The fourth-order valence-electron chi connectivity index (χ4n) is 1.33. The summed E-state index contributed by atoms with van der Waals surface area (Å²) in [5.74, 6) is -0.606. The van der Waals surface area contributed by atoms with Gasteiger partial charge in [-0.1, -0.05) is 6.07 Å². The first-order valence-electron chi connectivity index (χ1n) is 4.63. The fourth-order valence-corrected chi connectivity index (χ4v) is 1.33. The standard InChI is InChI=1S/C11H15NO3/c1-7-4-5-8(13)10(11(7)15)9(14)6-12(2)3/h4-5,13,15H,6H2,1-3H3. The molecule has 1 rings (SSSR count). The highest BCUT2D eigenvalue weighted by atomic mass is 16.3. The number of hydrogen-bond donors (Lipinski definition) is 2. The summed E-state index contributed by atoms with van der Waals surface area (Å²) in [6, 6.07) is 2.98. The lowest BCUT2D eigenvalue weighted by atomic mass is 10.0. The van der Waals surface area contributed by atoms with Gasteiger partial charge in [-0.3, -0.25) is 4.79 Å². The second-order valence-corrected chi connectivity index (χ2v) is 3.79. The molecule has 1 aromatic carbocycles. The highest BCUT2D eigenvalue weighted by Crippen LogP contribution is 2.30. The first-order chi connectivity index (χ1) is 6.93. The van der Waals surface area contributed by atoms with Crippen molar-refractivity contribution in [2.24, 2.45) is 0 Å². The molecule has 0 aromatic heterocycles. The molecule has 0 spiro atoms. The molecule has 0 radical (unpaired) electrons. The van der Waals surface area contributed by atoms with E-state index in [9.17, 15) is 15.0 Å². The Morgan fingerprint density at radius 2 is 1.93 bits per heavy atom. The van der Waals surface area contributed by atoms with Gasteiger partial charge in [0, 0.05) is 0 Å². The highest BCUT2D eigenvalue weighted by Gasteiger charge is 2.18. The van der Waals surface area contributed by atoms with Gasteiger partial charge in [0.25, 0.3) is 0 Å². The highest BCUT2D eigenvalue weighted by molar-refractivity contribution is 6.02. The SMILES string of the molecule is Cc1ccc(O)c(C(=O)CN(C)C)c1O. The summed E-state index contributed by atoms with van der Waals surface area (Å²) in [6.45, 7) is 1.84. The van der Waals surface area contributed by atoms with Crippen molar-refractivity contribution in [3.8, 4) is 11.5 Å². The lowest BCUT2D eigenvalue weighted by molar-refractivity contribution is 0.0952. The zero-order valence-corrected chi connectivity index (χ0v) is 9.11. The van der Waals surface area contributed by atoms with Gasteiger partial charge < -0.3 is 15.1 Å². The lowest BCUT2D eigenvalue weighted by Gasteiger charge is -2.11. The molecular weight excluding hydrogens is 194 g/mol. The van der Waals surface area contributed by atoms with Gasteiger partial charge in [-0.15, -0.1) is 0 Å².